The van der Waals surface area contributed by atoms with Crippen LogP contribution in [0.4, 0.5) is 4.39 Å². The SMILES string of the molecule is O=S(=O)(N[C@@H]1CC(CO)[C@H](O)C(n2cc(-c3cccc(F)c3)nn2)C1O)c1ccccc1. The highest BCUT2D eigenvalue weighted by Gasteiger charge is 2.46. The quantitative estimate of drug-likeness (QED) is 0.423. The van der Waals surface area contributed by atoms with Crippen LogP contribution in [0.2, 0.25) is 0 Å². The highest BCUT2D eigenvalue weighted by molar-refractivity contribution is 7.89. The van der Waals surface area contributed by atoms with Gasteiger partial charge in [-0.2, -0.15) is 0 Å². The van der Waals surface area contributed by atoms with Crippen LogP contribution >= 0.6 is 0 Å². The number of halogens is 1. The van der Waals surface area contributed by atoms with Crippen molar-refractivity contribution in [1.82, 2.24) is 19.7 Å². The summed E-state index contributed by atoms with van der Waals surface area (Å²) >= 11 is 0. The van der Waals surface area contributed by atoms with Crippen LogP contribution < -0.4 is 4.72 Å². The monoisotopic (exact) mass is 462 g/mol. The van der Waals surface area contributed by atoms with Crippen molar-refractivity contribution in [2.75, 3.05) is 6.61 Å². The third-order valence-electron chi connectivity index (χ3n) is 5.68. The summed E-state index contributed by atoms with van der Waals surface area (Å²) in [5, 5.41) is 39.5. The second-order valence-electron chi connectivity index (χ2n) is 7.79. The van der Waals surface area contributed by atoms with Crippen molar-refractivity contribution in [3.05, 3.63) is 66.6 Å². The van der Waals surface area contributed by atoms with Crippen molar-refractivity contribution in [3.63, 3.8) is 0 Å². The maximum absolute atomic E-state index is 13.6. The normalized spacial score (nSPS) is 26.2. The van der Waals surface area contributed by atoms with Gasteiger partial charge in [0.05, 0.1) is 29.3 Å². The molecule has 1 saturated carbocycles. The Labute approximate surface area is 184 Å². The van der Waals surface area contributed by atoms with Gasteiger partial charge < -0.3 is 15.3 Å². The van der Waals surface area contributed by atoms with E-state index in [-0.39, 0.29) is 11.3 Å². The summed E-state index contributed by atoms with van der Waals surface area (Å²) in [6.45, 7) is -0.417. The molecule has 0 saturated heterocycles. The van der Waals surface area contributed by atoms with Crippen LogP contribution in [0.1, 0.15) is 12.5 Å². The first kappa shape index (κ1) is 22.5. The minimum atomic E-state index is -3.95. The van der Waals surface area contributed by atoms with E-state index in [0.29, 0.717) is 11.3 Å². The minimum absolute atomic E-state index is 0.0207. The van der Waals surface area contributed by atoms with Gasteiger partial charge in [0.25, 0.3) is 0 Å². The molecule has 1 heterocycles. The highest BCUT2D eigenvalue weighted by Crippen LogP contribution is 2.34. The van der Waals surface area contributed by atoms with E-state index in [2.05, 4.69) is 15.0 Å². The molecule has 0 spiro atoms. The lowest BCUT2D eigenvalue weighted by Crippen LogP contribution is -2.57. The Morgan fingerprint density at radius 2 is 1.84 bits per heavy atom. The van der Waals surface area contributed by atoms with E-state index in [0.717, 1.165) is 0 Å². The number of sulfonamides is 1. The van der Waals surface area contributed by atoms with Crippen LogP contribution in [0.3, 0.4) is 0 Å². The first-order chi connectivity index (χ1) is 15.3. The Morgan fingerprint density at radius 1 is 1.09 bits per heavy atom. The maximum Gasteiger partial charge on any atom is 0.240 e. The third-order valence-corrected chi connectivity index (χ3v) is 7.19. The van der Waals surface area contributed by atoms with Crippen LogP contribution in [0.25, 0.3) is 11.3 Å². The largest absolute Gasteiger partial charge is 0.396 e. The first-order valence-electron chi connectivity index (χ1n) is 10.0. The van der Waals surface area contributed by atoms with Gasteiger partial charge in [0.2, 0.25) is 10.0 Å². The number of aromatic nitrogens is 3. The average molecular weight is 463 g/mol. The van der Waals surface area contributed by atoms with Gasteiger partial charge in [-0.15, -0.1) is 5.10 Å². The molecule has 0 radical (unpaired) electrons. The molecule has 1 aliphatic rings. The standard InChI is InChI=1S/C21H23FN4O5S/c22-15-6-4-5-13(9-15)18-11-26(25-23-18)19-20(28)14(12-27)10-17(21(19)29)24-32(30,31)16-7-2-1-3-8-16/h1-9,11,14,17,19-21,24,27-29H,10,12H2/t14?,17-,19?,20+,21?/m1/s1. The zero-order valence-electron chi connectivity index (χ0n) is 16.9. The molecule has 3 aromatic rings. The van der Waals surface area contributed by atoms with E-state index < -0.39 is 52.7 Å². The lowest BCUT2D eigenvalue weighted by atomic mass is 9.78. The molecule has 2 aromatic carbocycles. The summed E-state index contributed by atoms with van der Waals surface area (Å²) in [6, 6.07) is 11.3. The van der Waals surface area contributed by atoms with Gasteiger partial charge in [-0.3, -0.25) is 0 Å². The number of nitrogens with zero attached hydrogens (tertiary/aromatic N) is 3. The first-order valence-corrected chi connectivity index (χ1v) is 11.5. The molecule has 3 unspecified atom stereocenters. The molecule has 5 atom stereocenters. The fourth-order valence-corrected chi connectivity index (χ4v) is 5.29. The molecular formula is C21H23FN4O5S. The van der Waals surface area contributed by atoms with Crippen LogP contribution in [0.5, 0.6) is 0 Å². The van der Waals surface area contributed by atoms with E-state index in [1.165, 1.54) is 41.2 Å². The Bertz CT molecular complexity index is 1170. The Morgan fingerprint density at radius 3 is 2.53 bits per heavy atom. The fraction of sp³-hybridized carbons (Fsp3) is 0.333. The molecule has 0 bridgehead atoms. The Balaban J connectivity index is 1.63. The van der Waals surface area contributed by atoms with Gasteiger partial charge in [-0.05, 0) is 30.7 Å². The molecule has 32 heavy (non-hydrogen) atoms. The molecule has 9 nitrogen and oxygen atoms in total. The Kier molecular flexibility index (Phi) is 6.35. The van der Waals surface area contributed by atoms with Gasteiger partial charge in [-0.1, -0.05) is 35.5 Å². The summed E-state index contributed by atoms with van der Waals surface area (Å²) in [7, 11) is -3.95. The average Bonchev–Trinajstić information content (AvgIpc) is 3.26. The molecule has 4 rings (SSSR count). The third kappa shape index (κ3) is 4.43. The lowest BCUT2D eigenvalue weighted by molar-refractivity contribution is -0.0793. The highest BCUT2D eigenvalue weighted by atomic mass is 32.2. The van der Waals surface area contributed by atoms with Crippen molar-refractivity contribution in [3.8, 4) is 11.3 Å². The molecule has 170 valence electrons. The second-order valence-corrected chi connectivity index (χ2v) is 9.50. The Hall–Kier alpha value is -2.70. The van der Waals surface area contributed by atoms with Crippen molar-refractivity contribution in [1.29, 1.82) is 0 Å². The molecular weight excluding hydrogens is 439 g/mol. The van der Waals surface area contributed by atoms with Crippen molar-refractivity contribution >= 4 is 10.0 Å². The molecule has 0 aliphatic heterocycles. The zero-order chi connectivity index (χ0) is 22.9. The smallest absolute Gasteiger partial charge is 0.240 e. The zero-order valence-corrected chi connectivity index (χ0v) is 17.7. The molecule has 1 fully saturated rings. The van der Waals surface area contributed by atoms with Gasteiger partial charge in [0.15, 0.2) is 0 Å². The van der Waals surface area contributed by atoms with Crippen LogP contribution in [-0.2, 0) is 10.0 Å². The predicted molar refractivity (Wildman–Crippen MR) is 112 cm³/mol. The van der Waals surface area contributed by atoms with E-state index in [1.807, 2.05) is 0 Å². The topological polar surface area (TPSA) is 138 Å². The summed E-state index contributed by atoms with van der Waals surface area (Å²) < 4.78 is 42.8. The number of aliphatic hydroxyl groups is 3. The summed E-state index contributed by atoms with van der Waals surface area (Å²) in [5.74, 6) is -1.17. The summed E-state index contributed by atoms with van der Waals surface area (Å²) in [6.07, 6.45) is -1.12. The number of benzene rings is 2. The number of hydrogen-bond donors (Lipinski definition) is 4. The van der Waals surface area contributed by atoms with E-state index in [9.17, 15) is 28.1 Å². The van der Waals surface area contributed by atoms with Crippen LogP contribution in [-0.4, -0.2) is 63.6 Å². The predicted octanol–water partition coefficient (Wildman–Crippen LogP) is 0.706. The van der Waals surface area contributed by atoms with E-state index in [4.69, 9.17) is 0 Å². The van der Waals surface area contributed by atoms with Gasteiger partial charge in [0.1, 0.15) is 17.6 Å². The van der Waals surface area contributed by atoms with Gasteiger partial charge in [-0.25, -0.2) is 22.2 Å². The molecule has 4 N–H and O–H groups in total. The number of hydrogen-bond acceptors (Lipinski definition) is 7. The van der Waals surface area contributed by atoms with Crippen molar-refractivity contribution in [2.45, 2.75) is 35.6 Å². The number of aliphatic hydroxyl groups excluding tert-OH is 3. The summed E-state index contributed by atoms with van der Waals surface area (Å²) in [4.78, 5) is 0.0320. The minimum Gasteiger partial charge on any atom is -0.396 e. The van der Waals surface area contributed by atoms with Gasteiger partial charge >= 0.3 is 0 Å². The van der Waals surface area contributed by atoms with E-state index in [1.54, 1.807) is 24.3 Å². The lowest BCUT2D eigenvalue weighted by Gasteiger charge is -2.42. The van der Waals surface area contributed by atoms with Gasteiger partial charge in [0, 0.05) is 18.1 Å². The molecule has 1 aliphatic carbocycles. The number of rotatable bonds is 6. The molecule has 1 aromatic heterocycles. The van der Waals surface area contributed by atoms with Crippen molar-refractivity contribution in [2.24, 2.45) is 5.92 Å². The maximum atomic E-state index is 13.6. The van der Waals surface area contributed by atoms with Crippen LogP contribution in [0.15, 0.2) is 65.7 Å². The summed E-state index contributed by atoms with van der Waals surface area (Å²) in [5.41, 5.74) is 0.771. The fourth-order valence-electron chi connectivity index (χ4n) is 4.01. The molecule has 0 amide bonds. The van der Waals surface area contributed by atoms with E-state index >= 15 is 0 Å². The number of nitrogens with one attached hydrogen (secondary N) is 1. The van der Waals surface area contributed by atoms with Crippen LogP contribution in [0, 0.1) is 11.7 Å². The van der Waals surface area contributed by atoms with Crippen molar-refractivity contribution < 1.29 is 28.1 Å². The second kappa shape index (κ2) is 9.04. The molecule has 11 heteroatoms.